The van der Waals surface area contributed by atoms with Gasteiger partial charge in [0.05, 0.1) is 0 Å². The summed E-state index contributed by atoms with van der Waals surface area (Å²) in [7, 11) is 0. The first-order chi connectivity index (χ1) is 8.75. The SMILES string of the molecule is OC(c1ccc(Cl)o1)c1ccccc1C1CCC1. The Kier molecular flexibility index (Phi) is 3.14. The summed E-state index contributed by atoms with van der Waals surface area (Å²) in [6.07, 6.45) is 2.97. The van der Waals surface area contributed by atoms with Gasteiger partial charge in [-0.3, -0.25) is 0 Å². The van der Waals surface area contributed by atoms with Crippen LogP contribution in [0.5, 0.6) is 0 Å². The predicted molar refractivity (Wildman–Crippen MR) is 70.8 cm³/mol. The molecular formula is C15H15ClO2. The number of aliphatic hydroxyl groups excluding tert-OH is 1. The van der Waals surface area contributed by atoms with E-state index in [-0.39, 0.29) is 0 Å². The smallest absolute Gasteiger partial charge is 0.193 e. The van der Waals surface area contributed by atoms with E-state index < -0.39 is 6.10 Å². The third kappa shape index (κ3) is 2.06. The van der Waals surface area contributed by atoms with Crippen LogP contribution in [0.15, 0.2) is 40.8 Å². The van der Waals surface area contributed by atoms with Crippen molar-refractivity contribution in [2.45, 2.75) is 31.3 Å². The van der Waals surface area contributed by atoms with Crippen LogP contribution in [-0.2, 0) is 0 Å². The zero-order valence-electron chi connectivity index (χ0n) is 9.97. The summed E-state index contributed by atoms with van der Waals surface area (Å²) in [6, 6.07) is 11.4. The molecule has 2 nitrogen and oxygen atoms in total. The largest absolute Gasteiger partial charge is 0.447 e. The van der Waals surface area contributed by atoms with E-state index in [1.165, 1.54) is 24.8 Å². The Bertz CT molecular complexity index is 543. The Morgan fingerprint density at radius 3 is 2.56 bits per heavy atom. The molecule has 0 saturated heterocycles. The summed E-state index contributed by atoms with van der Waals surface area (Å²) in [5.41, 5.74) is 2.18. The lowest BCUT2D eigenvalue weighted by Gasteiger charge is -2.28. The van der Waals surface area contributed by atoms with Crippen LogP contribution in [0, 0.1) is 0 Å². The molecule has 1 aromatic heterocycles. The molecule has 94 valence electrons. The van der Waals surface area contributed by atoms with Crippen LogP contribution in [0.1, 0.15) is 48.2 Å². The second-order valence-electron chi connectivity index (χ2n) is 4.80. The van der Waals surface area contributed by atoms with Gasteiger partial charge >= 0.3 is 0 Å². The molecule has 1 aromatic carbocycles. The first-order valence-corrected chi connectivity index (χ1v) is 6.65. The molecule has 0 aliphatic heterocycles. The summed E-state index contributed by atoms with van der Waals surface area (Å²) in [4.78, 5) is 0. The minimum atomic E-state index is -0.728. The lowest BCUT2D eigenvalue weighted by atomic mass is 9.77. The molecule has 1 saturated carbocycles. The van der Waals surface area contributed by atoms with Crippen LogP contribution in [0.4, 0.5) is 0 Å². The van der Waals surface area contributed by atoms with E-state index in [9.17, 15) is 5.11 Å². The molecule has 1 aliphatic rings. The molecular weight excluding hydrogens is 248 g/mol. The number of hydrogen-bond donors (Lipinski definition) is 1. The van der Waals surface area contributed by atoms with Crippen molar-refractivity contribution in [1.82, 2.24) is 0 Å². The van der Waals surface area contributed by atoms with Gasteiger partial charge in [0.1, 0.15) is 11.9 Å². The number of halogens is 1. The summed E-state index contributed by atoms with van der Waals surface area (Å²) in [5.74, 6) is 1.09. The fourth-order valence-corrected chi connectivity index (χ4v) is 2.63. The molecule has 0 spiro atoms. The van der Waals surface area contributed by atoms with Crippen LogP contribution >= 0.6 is 11.6 Å². The number of hydrogen-bond acceptors (Lipinski definition) is 2. The Morgan fingerprint density at radius 2 is 1.94 bits per heavy atom. The molecule has 2 aromatic rings. The van der Waals surface area contributed by atoms with Crippen molar-refractivity contribution < 1.29 is 9.52 Å². The molecule has 3 rings (SSSR count). The van der Waals surface area contributed by atoms with E-state index in [4.69, 9.17) is 16.0 Å². The third-order valence-electron chi connectivity index (χ3n) is 3.70. The van der Waals surface area contributed by atoms with Crippen LogP contribution in [0.2, 0.25) is 5.22 Å². The Balaban J connectivity index is 1.95. The second kappa shape index (κ2) is 4.79. The normalized spacial score (nSPS) is 17.4. The molecule has 1 N–H and O–H groups in total. The maximum atomic E-state index is 10.4. The molecule has 3 heteroatoms. The standard InChI is InChI=1S/C15H15ClO2/c16-14-9-8-13(18-14)15(17)12-7-2-1-6-11(12)10-4-3-5-10/h1-2,6-10,15,17H,3-5H2. The Morgan fingerprint density at radius 1 is 1.17 bits per heavy atom. The Labute approximate surface area is 111 Å². The van der Waals surface area contributed by atoms with Crippen molar-refractivity contribution in [1.29, 1.82) is 0 Å². The quantitative estimate of drug-likeness (QED) is 0.896. The van der Waals surface area contributed by atoms with Gasteiger partial charge < -0.3 is 9.52 Å². The number of furan rings is 1. The minimum Gasteiger partial charge on any atom is -0.447 e. The summed E-state index contributed by atoms with van der Waals surface area (Å²) in [6.45, 7) is 0. The molecule has 18 heavy (non-hydrogen) atoms. The van der Waals surface area contributed by atoms with E-state index in [2.05, 4.69) is 6.07 Å². The van der Waals surface area contributed by atoms with Crippen LogP contribution in [-0.4, -0.2) is 5.11 Å². The van der Waals surface area contributed by atoms with E-state index >= 15 is 0 Å². The maximum Gasteiger partial charge on any atom is 0.193 e. The van der Waals surface area contributed by atoms with Gasteiger partial charge in [-0.1, -0.05) is 30.7 Å². The van der Waals surface area contributed by atoms with Crippen molar-refractivity contribution in [2.75, 3.05) is 0 Å². The number of benzene rings is 1. The van der Waals surface area contributed by atoms with E-state index in [0.29, 0.717) is 16.9 Å². The zero-order valence-corrected chi connectivity index (χ0v) is 10.7. The predicted octanol–water partition coefficient (Wildman–Crippen LogP) is 4.28. The topological polar surface area (TPSA) is 33.4 Å². The highest BCUT2D eigenvalue weighted by atomic mass is 35.5. The molecule has 1 fully saturated rings. The lowest BCUT2D eigenvalue weighted by molar-refractivity contribution is 0.187. The van der Waals surface area contributed by atoms with Crippen LogP contribution < -0.4 is 0 Å². The second-order valence-corrected chi connectivity index (χ2v) is 5.17. The van der Waals surface area contributed by atoms with Gasteiger partial charge in [-0.15, -0.1) is 0 Å². The summed E-state index contributed by atoms with van der Waals surface area (Å²) in [5, 5.41) is 10.7. The first-order valence-electron chi connectivity index (χ1n) is 6.28. The van der Waals surface area contributed by atoms with Crippen LogP contribution in [0.25, 0.3) is 0 Å². The fourth-order valence-electron chi connectivity index (χ4n) is 2.48. The summed E-state index contributed by atoms with van der Waals surface area (Å²) >= 11 is 5.75. The first kappa shape index (κ1) is 11.8. The van der Waals surface area contributed by atoms with E-state index in [1.807, 2.05) is 18.2 Å². The lowest BCUT2D eigenvalue weighted by Crippen LogP contribution is -2.13. The Hall–Kier alpha value is -1.25. The highest BCUT2D eigenvalue weighted by molar-refractivity contribution is 6.28. The highest BCUT2D eigenvalue weighted by Gasteiger charge is 2.25. The van der Waals surface area contributed by atoms with Crippen molar-refractivity contribution in [3.63, 3.8) is 0 Å². The van der Waals surface area contributed by atoms with Gasteiger partial charge in [-0.05, 0) is 53.6 Å². The molecule has 1 unspecified atom stereocenters. The highest BCUT2D eigenvalue weighted by Crippen LogP contribution is 2.40. The van der Waals surface area contributed by atoms with Crippen molar-refractivity contribution in [3.8, 4) is 0 Å². The van der Waals surface area contributed by atoms with Gasteiger partial charge in [0.2, 0.25) is 0 Å². The number of aliphatic hydroxyl groups is 1. The minimum absolute atomic E-state index is 0.310. The van der Waals surface area contributed by atoms with Gasteiger partial charge in [0, 0.05) is 0 Å². The average molecular weight is 263 g/mol. The molecule has 1 aliphatic carbocycles. The van der Waals surface area contributed by atoms with Crippen molar-refractivity contribution >= 4 is 11.6 Å². The van der Waals surface area contributed by atoms with Crippen molar-refractivity contribution in [3.05, 3.63) is 58.5 Å². The van der Waals surface area contributed by atoms with Gasteiger partial charge in [0.25, 0.3) is 0 Å². The van der Waals surface area contributed by atoms with Crippen molar-refractivity contribution in [2.24, 2.45) is 0 Å². The maximum absolute atomic E-state index is 10.4. The fraction of sp³-hybridized carbons (Fsp3) is 0.333. The van der Waals surface area contributed by atoms with E-state index in [0.717, 1.165) is 5.56 Å². The molecule has 1 heterocycles. The molecule has 0 bridgehead atoms. The third-order valence-corrected chi connectivity index (χ3v) is 3.90. The van der Waals surface area contributed by atoms with E-state index in [1.54, 1.807) is 12.1 Å². The monoisotopic (exact) mass is 262 g/mol. The zero-order chi connectivity index (χ0) is 12.5. The van der Waals surface area contributed by atoms with Crippen LogP contribution in [0.3, 0.4) is 0 Å². The number of rotatable bonds is 3. The van der Waals surface area contributed by atoms with Gasteiger partial charge in [-0.2, -0.15) is 0 Å². The summed E-state index contributed by atoms with van der Waals surface area (Å²) < 4.78 is 5.30. The average Bonchev–Trinajstić information content (AvgIpc) is 2.74. The molecule has 0 amide bonds. The van der Waals surface area contributed by atoms with Gasteiger partial charge in [0.15, 0.2) is 5.22 Å². The molecule has 0 radical (unpaired) electrons. The molecule has 1 atom stereocenters. The van der Waals surface area contributed by atoms with Gasteiger partial charge in [-0.25, -0.2) is 0 Å².